The van der Waals surface area contributed by atoms with Crippen molar-refractivity contribution in [2.45, 2.75) is 38.4 Å². The molecular formula is C19H28ClN5O2. The van der Waals surface area contributed by atoms with Crippen LogP contribution in [0, 0.1) is 0 Å². The van der Waals surface area contributed by atoms with E-state index in [0.717, 1.165) is 69.4 Å². The second-order valence-electron chi connectivity index (χ2n) is 7.03. The Labute approximate surface area is 166 Å². The Bertz CT molecular complexity index is 759. The molecule has 0 saturated carbocycles. The molecule has 1 aromatic heterocycles. The van der Waals surface area contributed by atoms with Gasteiger partial charge in [0, 0.05) is 31.1 Å². The summed E-state index contributed by atoms with van der Waals surface area (Å²) in [7, 11) is 3.42. The summed E-state index contributed by atoms with van der Waals surface area (Å²) in [5.74, 6) is 4.57. The van der Waals surface area contributed by atoms with Crippen molar-refractivity contribution in [1.82, 2.24) is 25.0 Å². The lowest BCUT2D eigenvalue weighted by Crippen LogP contribution is -2.34. The zero-order chi connectivity index (χ0) is 17.9. The highest BCUT2D eigenvalue weighted by Gasteiger charge is 2.27. The fourth-order valence-electron chi connectivity index (χ4n) is 4.01. The molecular weight excluding hydrogens is 366 g/mol. The van der Waals surface area contributed by atoms with Gasteiger partial charge in [-0.05, 0) is 44.1 Å². The fraction of sp³-hybridized carbons (Fsp3) is 0.579. The average molecular weight is 394 g/mol. The summed E-state index contributed by atoms with van der Waals surface area (Å²) in [6, 6.07) is 6.00. The van der Waals surface area contributed by atoms with Crippen LogP contribution in [0.4, 0.5) is 0 Å². The number of methoxy groups -OCH3 is 2. The van der Waals surface area contributed by atoms with Crippen LogP contribution in [-0.2, 0) is 19.6 Å². The smallest absolute Gasteiger partial charge is 0.147 e. The lowest BCUT2D eigenvalue weighted by atomic mass is 9.95. The number of halogens is 1. The SMILES string of the molecule is COc1ccc(OC)c(CN2CCC(c3nnc4n3CCNC4)CC2)c1.Cl. The predicted molar refractivity (Wildman–Crippen MR) is 106 cm³/mol. The summed E-state index contributed by atoms with van der Waals surface area (Å²) in [5, 5.41) is 12.2. The van der Waals surface area contributed by atoms with E-state index in [4.69, 9.17) is 9.47 Å². The zero-order valence-corrected chi connectivity index (χ0v) is 16.8. The summed E-state index contributed by atoms with van der Waals surface area (Å²) in [5.41, 5.74) is 1.18. The van der Waals surface area contributed by atoms with E-state index in [2.05, 4.69) is 31.0 Å². The lowest BCUT2D eigenvalue weighted by Gasteiger charge is -2.32. The van der Waals surface area contributed by atoms with Gasteiger partial charge in [0.2, 0.25) is 0 Å². The van der Waals surface area contributed by atoms with Crippen LogP contribution in [0.3, 0.4) is 0 Å². The Hall–Kier alpha value is -1.83. The number of ether oxygens (including phenoxy) is 2. The van der Waals surface area contributed by atoms with Crippen molar-refractivity contribution in [3.8, 4) is 11.5 Å². The minimum atomic E-state index is 0. The fourth-order valence-corrected chi connectivity index (χ4v) is 4.01. The molecule has 0 amide bonds. The first kappa shape index (κ1) is 19.9. The summed E-state index contributed by atoms with van der Waals surface area (Å²) in [6.07, 6.45) is 2.25. The van der Waals surface area contributed by atoms with Crippen LogP contribution >= 0.6 is 12.4 Å². The van der Waals surface area contributed by atoms with Crippen LogP contribution in [0.2, 0.25) is 0 Å². The molecule has 0 atom stereocenters. The summed E-state index contributed by atoms with van der Waals surface area (Å²) in [4.78, 5) is 2.49. The van der Waals surface area contributed by atoms with Crippen molar-refractivity contribution in [2.24, 2.45) is 0 Å². The number of benzene rings is 1. The third-order valence-electron chi connectivity index (χ3n) is 5.49. The number of nitrogens with one attached hydrogen (secondary N) is 1. The second-order valence-corrected chi connectivity index (χ2v) is 7.03. The summed E-state index contributed by atoms with van der Waals surface area (Å²) < 4.78 is 13.2. The largest absolute Gasteiger partial charge is 0.497 e. The zero-order valence-electron chi connectivity index (χ0n) is 16.0. The topological polar surface area (TPSA) is 64.4 Å². The Morgan fingerprint density at radius 2 is 1.93 bits per heavy atom. The van der Waals surface area contributed by atoms with Gasteiger partial charge in [0.1, 0.15) is 23.1 Å². The number of hydrogen-bond donors (Lipinski definition) is 1. The van der Waals surface area contributed by atoms with Crippen molar-refractivity contribution in [2.75, 3.05) is 33.9 Å². The Balaban J connectivity index is 0.00000210. The molecule has 2 aliphatic rings. The maximum atomic E-state index is 5.52. The molecule has 4 rings (SSSR count). The van der Waals surface area contributed by atoms with Gasteiger partial charge in [0.15, 0.2) is 0 Å². The van der Waals surface area contributed by atoms with E-state index in [1.807, 2.05) is 12.1 Å². The van der Waals surface area contributed by atoms with Gasteiger partial charge in [-0.25, -0.2) is 0 Å². The first-order valence-electron chi connectivity index (χ1n) is 9.34. The van der Waals surface area contributed by atoms with Crippen molar-refractivity contribution in [1.29, 1.82) is 0 Å². The molecule has 0 aliphatic carbocycles. The molecule has 0 spiro atoms. The van der Waals surface area contributed by atoms with Gasteiger partial charge in [-0.15, -0.1) is 22.6 Å². The molecule has 8 heteroatoms. The number of hydrogen-bond acceptors (Lipinski definition) is 6. The number of rotatable bonds is 5. The number of likely N-dealkylation sites (tertiary alicyclic amines) is 1. The minimum absolute atomic E-state index is 0. The molecule has 1 fully saturated rings. The first-order chi connectivity index (χ1) is 12.8. The van der Waals surface area contributed by atoms with E-state index < -0.39 is 0 Å². The maximum Gasteiger partial charge on any atom is 0.147 e. The first-order valence-corrected chi connectivity index (χ1v) is 9.34. The Morgan fingerprint density at radius 3 is 2.67 bits per heavy atom. The van der Waals surface area contributed by atoms with E-state index in [-0.39, 0.29) is 12.4 Å². The highest BCUT2D eigenvalue weighted by Crippen LogP contribution is 2.30. The van der Waals surface area contributed by atoms with Crippen molar-refractivity contribution in [3.63, 3.8) is 0 Å². The molecule has 2 aliphatic heterocycles. The molecule has 3 heterocycles. The Kier molecular flexibility index (Phi) is 6.57. The second kappa shape index (κ2) is 8.91. The van der Waals surface area contributed by atoms with E-state index in [0.29, 0.717) is 5.92 Å². The molecule has 2 aromatic rings. The third kappa shape index (κ3) is 4.20. The number of aromatic nitrogens is 3. The molecule has 0 unspecified atom stereocenters. The maximum absolute atomic E-state index is 5.52. The van der Waals surface area contributed by atoms with Gasteiger partial charge in [-0.1, -0.05) is 0 Å². The monoisotopic (exact) mass is 393 g/mol. The predicted octanol–water partition coefficient (Wildman–Crippen LogP) is 2.20. The van der Waals surface area contributed by atoms with E-state index >= 15 is 0 Å². The standard InChI is InChI=1S/C19H27N5O2.ClH/c1-25-16-3-4-17(26-2)15(11-16)13-23-8-5-14(6-9-23)19-22-21-18-12-20-7-10-24(18)19;/h3-4,11,14,20H,5-10,12-13H2,1-2H3;1H. The van der Waals surface area contributed by atoms with E-state index in [1.54, 1.807) is 14.2 Å². The Morgan fingerprint density at radius 1 is 1.11 bits per heavy atom. The van der Waals surface area contributed by atoms with Gasteiger partial charge < -0.3 is 19.4 Å². The van der Waals surface area contributed by atoms with Crippen molar-refractivity contribution in [3.05, 3.63) is 35.4 Å². The summed E-state index contributed by atoms with van der Waals surface area (Å²) >= 11 is 0. The summed E-state index contributed by atoms with van der Waals surface area (Å²) in [6.45, 7) is 5.83. The number of piperidine rings is 1. The normalized spacial score (nSPS) is 17.9. The van der Waals surface area contributed by atoms with Gasteiger partial charge in [-0.2, -0.15) is 0 Å². The quantitative estimate of drug-likeness (QED) is 0.840. The molecule has 0 bridgehead atoms. The third-order valence-corrected chi connectivity index (χ3v) is 5.49. The lowest BCUT2D eigenvalue weighted by molar-refractivity contribution is 0.197. The molecule has 1 saturated heterocycles. The van der Waals surface area contributed by atoms with Gasteiger partial charge in [0.05, 0.1) is 20.8 Å². The van der Waals surface area contributed by atoms with E-state index in [1.165, 1.54) is 11.4 Å². The van der Waals surface area contributed by atoms with Crippen molar-refractivity contribution >= 4 is 12.4 Å². The highest BCUT2D eigenvalue weighted by atomic mass is 35.5. The van der Waals surface area contributed by atoms with Gasteiger partial charge >= 0.3 is 0 Å². The van der Waals surface area contributed by atoms with Crippen LogP contribution in [0.1, 0.15) is 36.0 Å². The van der Waals surface area contributed by atoms with Crippen LogP contribution in [0.15, 0.2) is 18.2 Å². The molecule has 27 heavy (non-hydrogen) atoms. The minimum Gasteiger partial charge on any atom is -0.497 e. The van der Waals surface area contributed by atoms with Crippen LogP contribution in [0.5, 0.6) is 11.5 Å². The number of nitrogens with zero attached hydrogens (tertiary/aromatic N) is 4. The van der Waals surface area contributed by atoms with Crippen LogP contribution < -0.4 is 14.8 Å². The molecule has 148 valence electrons. The molecule has 0 radical (unpaired) electrons. The van der Waals surface area contributed by atoms with E-state index in [9.17, 15) is 0 Å². The highest BCUT2D eigenvalue weighted by molar-refractivity contribution is 5.85. The van der Waals surface area contributed by atoms with Gasteiger partial charge in [-0.3, -0.25) is 4.90 Å². The molecule has 1 aromatic carbocycles. The average Bonchev–Trinajstić information content (AvgIpc) is 3.12. The van der Waals surface area contributed by atoms with Crippen LogP contribution in [0.25, 0.3) is 0 Å². The number of fused-ring (bicyclic) bond motifs is 1. The molecule has 7 nitrogen and oxygen atoms in total. The van der Waals surface area contributed by atoms with Crippen molar-refractivity contribution < 1.29 is 9.47 Å². The molecule has 1 N–H and O–H groups in total. The van der Waals surface area contributed by atoms with Crippen LogP contribution in [-0.4, -0.2) is 53.5 Å². The van der Waals surface area contributed by atoms with Gasteiger partial charge in [0.25, 0.3) is 0 Å².